The molecule has 0 saturated carbocycles. The average molecular weight is 301 g/mol. The lowest BCUT2D eigenvalue weighted by atomic mass is 10.2. The van der Waals surface area contributed by atoms with Crippen molar-refractivity contribution in [3.63, 3.8) is 0 Å². The summed E-state index contributed by atoms with van der Waals surface area (Å²) < 4.78 is 5.17. The summed E-state index contributed by atoms with van der Waals surface area (Å²) in [6.45, 7) is 4.06. The van der Waals surface area contributed by atoms with Crippen molar-refractivity contribution in [2.24, 2.45) is 0 Å². The van der Waals surface area contributed by atoms with Crippen molar-refractivity contribution in [2.75, 3.05) is 38.7 Å². The number of nitrogens with one attached hydrogen (secondary N) is 1. The van der Waals surface area contributed by atoms with Crippen LogP contribution in [-0.2, 0) is 4.79 Å². The van der Waals surface area contributed by atoms with Crippen molar-refractivity contribution in [1.29, 1.82) is 0 Å². The largest absolute Gasteiger partial charge is 0.495 e. The lowest BCUT2D eigenvalue weighted by Crippen LogP contribution is -2.30. The number of amides is 1. The lowest BCUT2D eigenvalue weighted by molar-refractivity contribution is -0.116. The third-order valence-electron chi connectivity index (χ3n) is 2.95. The minimum Gasteiger partial charge on any atom is -0.495 e. The molecule has 2 N–H and O–H groups in total. The first-order valence-electron chi connectivity index (χ1n) is 6.57. The zero-order chi connectivity index (χ0) is 15.0. The van der Waals surface area contributed by atoms with Crippen LogP contribution < -0.4 is 10.1 Å². The molecular weight excluding hydrogens is 280 g/mol. The molecule has 1 aromatic rings. The van der Waals surface area contributed by atoms with E-state index in [1.165, 1.54) is 0 Å². The van der Waals surface area contributed by atoms with Gasteiger partial charge in [-0.2, -0.15) is 0 Å². The number of likely N-dealkylation sites (N-methyl/N-ethyl adjacent to an activating group) is 1. The van der Waals surface area contributed by atoms with Crippen LogP contribution in [0.4, 0.5) is 5.69 Å². The van der Waals surface area contributed by atoms with Gasteiger partial charge in [0.15, 0.2) is 0 Å². The molecule has 0 heterocycles. The summed E-state index contributed by atoms with van der Waals surface area (Å²) in [6, 6.07) is 5.07. The number of aliphatic hydroxyl groups is 1. The molecule has 0 aliphatic rings. The van der Waals surface area contributed by atoms with Gasteiger partial charge >= 0.3 is 0 Å². The molecular formula is C14H21ClN2O3. The van der Waals surface area contributed by atoms with E-state index in [1.54, 1.807) is 25.3 Å². The molecule has 0 aliphatic heterocycles. The van der Waals surface area contributed by atoms with Gasteiger partial charge in [-0.05, 0) is 24.7 Å². The number of halogens is 1. The highest BCUT2D eigenvalue weighted by molar-refractivity contribution is 6.31. The molecule has 0 aliphatic carbocycles. The maximum absolute atomic E-state index is 11.9. The van der Waals surface area contributed by atoms with E-state index in [4.69, 9.17) is 21.4 Å². The van der Waals surface area contributed by atoms with Crippen LogP contribution in [0.25, 0.3) is 0 Å². The highest BCUT2D eigenvalue weighted by atomic mass is 35.5. The van der Waals surface area contributed by atoms with E-state index in [9.17, 15) is 4.79 Å². The number of rotatable bonds is 8. The molecule has 0 fully saturated rings. The second kappa shape index (κ2) is 8.79. The molecule has 112 valence electrons. The van der Waals surface area contributed by atoms with Gasteiger partial charge in [-0.15, -0.1) is 0 Å². The zero-order valence-electron chi connectivity index (χ0n) is 11.9. The summed E-state index contributed by atoms with van der Waals surface area (Å²) in [7, 11) is 1.54. The molecule has 0 spiro atoms. The predicted molar refractivity (Wildman–Crippen MR) is 80.5 cm³/mol. The van der Waals surface area contributed by atoms with Crippen LogP contribution in [0.3, 0.4) is 0 Å². The van der Waals surface area contributed by atoms with Gasteiger partial charge in [0.2, 0.25) is 5.91 Å². The number of carbonyl (C=O) groups excluding carboxylic acids is 1. The Kier molecular flexibility index (Phi) is 7.36. The Morgan fingerprint density at radius 3 is 2.80 bits per heavy atom. The standard InChI is InChI=1S/C14H21ClN2O3/c1-3-17(8-9-18)7-6-14(19)16-12-10-11(15)4-5-13(12)20-2/h4-5,10,18H,3,6-9H2,1-2H3,(H,16,19). The minimum atomic E-state index is -0.109. The van der Waals surface area contributed by atoms with Gasteiger partial charge in [-0.25, -0.2) is 0 Å². The number of carbonyl (C=O) groups is 1. The van der Waals surface area contributed by atoms with Crippen LogP contribution >= 0.6 is 11.6 Å². The Balaban J connectivity index is 2.55. The zero-order valence-corrected chi connectivity index (χ0v) is 12.6. The summed E-state index contributed by atoms with van der Waals surface area (Å²) in [5, 5.41) is 12.2. The topological polar surface area (TPSA) is 61.8 Å². The van der Waals surface area contributed by atoms with Crippen LogP contribution in [0, 0.1) is 0 Å². The van der Waals surface area contributed by atoms with E-state index in [-0.39, 0.29) is 12.5 Å². The Hall–Kier alpha value is -1.30. The molecule has 1 amide bonds. The Morgan fingerprint density at radius 2 is 2.20 bits per heavy atom. The molecule has 1 aromatic carbocycles. The summed E-state index contributed by atoms with van der Waals surface area (Å²) in [5.74, 6) is 0.465. The smallest absolute Gasteiger partial charge is 0.225 e. The van der Waals surface area contributed by atoms with Crippen LogP contribution in [0.1, 0.15) is 13.3 Å². The second-order valence-electron chi connectivity index (χ2n) is 4.30. The van der Waals surface area contributed by atoms with Crippen molar-refractivity contribution in [2.45, 2.75) is 13.3 Å². The third kappa shape index (κ3) is 5.36. The number of benzene rings is 1. The van der Waals surface area contributed by atoms with Gasteiger partial charge in [-0.3, -0.25) is 4.79 Å². The molecule has 5 nitrogen and oxygen atoms in total. The van der Waals surface area contributed by atoms with E-state index in [0.29, 0.717) is 36.0 Å². The number of nitrogens with zero attached hydrogens (tertiary/aromatic N) is 1. The van der Waals surface area contributed by atoms with Gasteiger partial charge in [0.25, 0.3) is 0 Å². The summed E-state index contributed by atoms with van der Waals surface area (Å²) >= 11 is 5.91. The first kappa shape index (κ1) is 16.8. The van der Waals surface area contributed by atoms with Crippen LogP contribution in [0.5, 0.6) is 5.75 Å². The third-order valence-corrected chi connectivity index (χ3v) is 3.19. The molecule has 0 unspecified atom stereocenters. The maximum Gasteiger partial charge on any atom is 0.225 e. The van der Waals surface area contributed by atoms with Gasteiger partial charge in [-0.1, -0.05) is 18.5 Å². The van der Waals surface area contributed by atoms with E-state index in [2.05, 4.69) is 5.32 Å². The maximum atomic E-state index is 11.9. The fourth-order valence-corrected chi connectivity index (χ4v) is 1.99. The molecule has 0 atom stereocenters. The van der Waals surface area contributed by atoms with Crippen molar-refractivity contribution in [3.8, 4) is 5.75 Å². The molecule has 6 heteroatoms. The Labute approximate surface area is 124 Å². The Morgan fingerprint density at radius 1 is 1.45 bits per heavy atom. The van der Waals surface area contributed by atoms with E-state index >= 15 is 0 Å². The number of aliphatic hydroxyl groups excluding tert-OH is 1. The highest BCUT2D eigenvalue weighted by Crippen LogP contribution is 2.27. The monoisotopic (exact) mass is 300 g/mol. The fourth-order valence-electron chi connectivity index (χ4n) is 1.82. The van der Waals surface area contributed by atoms with Crippen molar-refractivity contribution >= 4 is 23.2 Å². The summed E-state index contributed by atoms with van der Waals surface area (Å²) in [6.07, 6.45) is 0.351. The second-order valence-corrected chi connectivity index (χ2v) is 4.74. The van der Waals surface area contributed by atoms with Crippen LogP contribution in [0.15, 0.2) is 18.2 Å². The number of anilines is 1. The Bertz CT molecular complexity index is 440. The van der Waals surface area contributed by atoms with Crippen molar-refractivity contribution in [3.05, 3.63) is 23.2 Å². The first-order valence-corrected chi connectivity index (χ1v) is 6.95. The van der Waals surface area contributed by atoms with Crippen molar-refractivity contribution in [1.82, 2.24) is 4.90 Å². The predicted octanol–water partition coefficient (Wildman–Crippen LogP) is 1.99. The first-order chi connectivity index (χ1) is 9.60. The van der Waals surface area contributed by atoms with Gasteiger partial charge in [0.05, 0.1) is 19.4 Å². The number of ether oxygens (including phenoxy) is 1. The fraction of sp³-hybridized carbons (Fsp3) is 0.500. The van der Waals surface area contributed by atoms with E-state index in [1.807, 2.05) is 11.8 Å². The quantitative estimate of drug-likeness (QED) is 0.771. The normalized spacial score (nSPS) is 10.7. The molecule has 0 saturated heterocycles. The van der Waals surface area contributed by atoms with Crippen LogP contribution in [0.2, 0.25) is 5.02 Å². The van der Waals surface area contributed by atoms with Gasteiger partial charge in [0.1, 0.15) is 5.75 Å². The minimum absolute atomic E-state index is 0.0948. The highest BCUT2D eigenvalue weighted by Gasteiger charge is 2.10. The number of hydrogen-bond acceptors (Lipinski definition) is 4. The molecule has 0 radical (unpaired) electrons. The van der Waals surface area contributed by atoms with Crippen molar-refractivity contribution < 1.29 is 14.6 Å². The molecule has 0 aromatic heterocycles. The van der Waals surface area contributed by atoms with Gasteiger partial charge < -0.3 is 20.1 Å². The lowest BCUT2D eigenvalue weighted by Gasteiger charge is -2.18. The molecule has 20 heavy (non-hydrogen) atoms. The molecule has 0 bridgehead atoms. The van der Waals surface area contributed by atoms with Gasteiger partial charge in [0, 0.05) is 24.5 Å². The molecule has 1 rings (SSSR count). The summed E-state index contributed by atoms with van der Waals surface area (Å²) in [4.78, 5) is 13.9. The van der Waals surface area contributed by atoms with E-state index in [0.717, 1.165) is 6.54 Å². The average Bonchev–Trinajstić information content (AvgIpc) is 2.43. The SMILES string of the molecule is CCN(CCO)CCC(=O)Nc1cc(Cl)ccc1OC. The van der Waals surface area contributed by atoms with Crippen LogP contribution in [-0.4, -0.2) is 49.3 Å². The number of methoxy groups -OCH3 is 1. The van der Waals surface area contributed by atoms with E-state index < -0.39 is 0 Å². The number of hydrogen-bond donors (Lipinski definition) is 2. The summed E-state index contributed by atoms with van der Waals surface area (Å²) in [5.41, 5.74) is 0.565.